The topological polar surface area (TPSA) is 98.2 Å². The number of halogens is 2. The van der Waals surface area contributed by atoms with Crippen LogP contribution in [-0.2, 0) is 14.4 Å². The van der Waals surface area contributed by atoms with Gasteiger partial charge < -0.3 is 15.1 Å². The molecule has 2 N–H and O–H groups in total. The Hall–Kier alpha value is -2.19. The highest BCUT2D eigenvalue weighted by molar-refractivity contribution is 6.34. The summed E-state index contributed by atoms with van der Waals surface area (Å²) in [5.74, 6) is -3.59. The van der Waals surface area contributed by atoms with Crippen LogP contribution in [0.5, 0.6) is 0 Å². The van der Waals surface area contributed by atoms with Gasteiger partial charge in [-0.25, -0.2) is 9.18 Å². The zero-order chi connectivity index (χ0) is 19.5. The monoisotopic (exact) mass is 386 g/mol. The Morgan fingerprint density at radius 2 is 1.88 bits per heavy atom. The average molecular weight is 387 g/mol. The van der Waals surface area contributed by atoms with Crippen LogP contribution in [0.15, 0.2) is 18.2 Å². The number of rotatable bonds is 6. The van der Waals surface area contributed by atoms with Crippen molar-refractivity contribution in [1.82, 2.24) is 4.90 Å². The molecule has 1 fully saturated rings. The van der Waals surface area contributed by atoms with Crippen molar-refractivity contribution in [2.45, 2.75) is 31.7 Å². The van der Waals surface area contributed by atoms with Gasteiger partial charge in [0.1, 0.15) is 11.4 Å². The second-order valence-electron chi connectivity index (χ2n) is 6.25. The Bertz CT molecular complexity index is 699. The number of para-hydroxylation sites is 1. The second kappa shape index (κ2) is 8.01. The Kier molecular flexibility index (Phi) is 6.20. The first-order valence-electron chi connectivity index (χ1n) is 8.11. The molecule has 1 aliphatic rings. The number of anilines is 1. The molecule has 0 bridgehead atoms. The zero-order valence-electron chi connectivity index (χ0n) is 14.2. The molecule has 2 rings (SSSR count). The molecule has 1 amide bonds. The molecule has 0 atom stereocenters. The molecule has 142 valence electrons. The standard InChI is InChI=1S/C17H20ClFN2O5/c1-11(22)21(15-12(18)3-2-4-13(15)19)17(16(25)26)6-9-20(10-7-17)8-5-14(23)24/h2-4H,5-10H2,1H3,(H,23,24)(H,25,26). The van der Waals surface area contributed by atoms with Crippen molar-refractivity contribution in [1.29, 1.82) is 0 Å². The van der Waals surface area contributed by atoms with Gasteiger partial charge >= 0.3 is 11.9 Å². The van der Waals surface area contributed by atoms with E-state index in [4.69, 9.17) is 16.7 Å². The predicted octanol–water partition coefficient (Wildman–Crippen LogP) is 2.23. The third kappa shape index (κ3) is 3.96. The summed E-state index contributed by atoms with van der Waals surface area (Å²) < 4.78 is 14.4. The molecule has 0 radical (unpaired) electrons. The summed E-state index contributed by atoms with van der Waals surface area (Å²) >= 11 is 6.06. The van der Waals surface area contributed by atoms with Gasteiger partial charge in [-0.2, -0.15) is 0 Å². The van der Waals surface area contributed by atoms with Crippen LogP contribution in [-0.4, -0.2) is 58.1 Å². The summed E-state index contributed by atoms with van der Waals surface area (Å²) in [6.07, 6.45) is 0.00796. The number of nitrogens with zero attached hydrogens (tertiary/aromatic N) is 2. The number of hydrogen-bond acceptors (Lipinski definition) is 4. The van der Waals surface area contributed by atoms with Crippen LogP contribution < -0.4 is 4.90 Å². The van der Waals surface area contributed by atoms with E-state index in [1.165, 1.54) is 19.1 Å². The van der Waals surface area contributed by atoms with Crippen LogP contribution in [0.4, 0.5) is 10.1 Å². The number of amides is 1. The number of carboxylic acid groups (broad SMARTS) is 2. The highest BCUT2D eigenvalue weighted by atomic mass is 35.5. The summed E-state index contributed by atoms with van der Waals surface area (Å²) in [7, 11) is 0. The summed E-state index contributed by atoms with van der Waals surface area (Å²) in [5, 5.41) is 18.6. The van der Waals surface area contributed by atoms with E-state index in [1.54, 1.807) is 0 Å². The third-order valence-corrected chi connectivity index (χ3v) is 4.93. The van der Waals surface area contributed by atoms with E-state index < -0.39 is 29.2 Å². The van der Waals surface area contributed by atoms with Crippen molar-refractivity contribution in [3.63, 3.8) is 0 Å². The normalized spacial score (nSPS) is 16.9. The number of piperidine rings is 1. The molecule has 7 nitrogen and oxygen atoms in total. The molecule has 0 spiro atoms. The average Bonchev–Trinajstić information content (AvgIpc) is 2.56. The maximum absolute atomic E-state index is 14.4. The Balaban J connectivity index is 2.37. The first-order valence-corrected chi connectivity index (χ1v) is 8.49. The minimum absolute atomic E-state index is 0.0339. The largest absolute Gasteiger partial charge is 0.481 e. The van der Waals surface area contributed by atoms with Gasteiger partial charge in [-0.1, -0.05) is 17.7 Å². The molecular formula is C17H20ClFN2O5. The van der Waals surface area contributed by atoms with Gasteiger partial charge in [-0.05, 0) is 25.0 Å². The molecule has 0 aromatic heterocycles. The summed E-state index contributed by atoms with van der Waals surface area (Å²) in [5.41, 5.74) is -1.89. The highest BCUT2D eigenvalue weighted by Crippen LogP contribution is 2.39. The van der Waals surface area contributed by atoms with E-state index in [-0.39, 0.29) is 49.6 Å². The van der Waals surface area contributed by atoms with E-state index >= 15 is 0 Å². The number of carbonyl (C=O) groups excluding carboxylic acids is 1. The lowest BCUT2D eigenvalue weighted by Gasteiger charge is -2.45. The first-order chi connectivity index (χ1) is 12.2. The van der Waals surface area contributed by atoms with Gasteiger partial charge in [0.05, 0.1) is 17.1 Å². The van der Waals surface area contributed by atoms with Crippen molar-refractivity contribution in [2.75, 3.05) is 24.5 Å². The molecule has 0 unspecified atom stereocenters. The lowest BCUT2D eigenvalue weighted by Crippen LogP contribution is -2.62. The molecule has 1 aliphatic heterocycles. The molecule has 1 heterocycles. The molecular weight excluding hydrogens is 367 g/mol. The van der Waals surface area contributed by atoms with E-state index in [9.17, 15) is 23.9 Å². The lowest BCUT2D eigenvalue weighted by molar-refractivity contribution is -0.147. The molecule has 1 aromatic rings. The Morgan fingerprint density at radius 1 is 1.27 bits per heavy atom. The van der Waals surface area contributed by atoms with Crippen LogP contribution in [0.25, 0.3) is 0 Å². The van der Waals surface area contributed by atoms with Crippen molar-refractivity contribution >= 4 is 35.1 Å². The summed E-state index contributed by atoms with van der Waals surface area (Å²) in [6.45, 7) is 2.00. The highest BCUT2D eigenvalue weighted by Gasteiger charge is 2.49. The number of hydrogen-bond donors (Lipinski definition) is 2. The van der Waals surface area contributed by atoms with E-state index in [0.717, 1.165) is 11.0 Å². The van der Waals surface area contributed by atoms with Crippen LogP contribution in [0.2, 0.25) is 5.02 Å². The van der Waals surface area contributed by atoms with Gasteiger partial charge in [0.25, 0.3) is 0 Å². The van der Waals surface area contributed by atoms with Gasteiger partial charge in [0, 0.05) is 26.6 Å². The van der Waals surface area contributed by atoms with Gasteiger partial charge in [0.15, 0.2) is 0 Å². The minimum Gasteiger partial charge on any atom is -0.481 e. The molecule has 0 saturated carbocycles. The molecule has 1 aromatic carbocycles. The summed E-state index contributed by atoms with van der Waals surface area (Å²) in [4.78, 5) is 37.9. The number of carboxylic acids is 2. The maximum Gasteiger partial charge on any atom is 0.330 e. The Morgan fingerprint density at radius 3 is 2.35 bits per heavy atom. The van der Waals surface area contributed by atoms with Crippen LogP contribution in [0.3, 0.4) is 0 Å². The molecule has 9 heteroatoms. The van der Waals surface area contributed by atoms with Crippen LogP contribution in [0.1, 0.15) is 26.2 Å². The number of likely N-dealkylation sites (tertiary alicyclic amines) is 1. The predicted molar refractivity (Wildman–Crippen MR) is 92.9 cm³/mol. The minimum atomic E-state index is -1.64. The lowest BCUT2D eigenvalue weighted by atomic mass is 9.84. The van der Waals surface area contributed by atoms with Crippen molar-refractivity contribution in [3.05, 3.63) is 29.0 Å². The fraction of sp³-hybridized carbons (Fsp3) is 0.471. The van der Waals surface area contributed by atoms with Gasteiger partial charge in [-0.3, -0.25) is 14.5 Å². The van der Waals surface area contributed by atoms with Gasteiger partial charge in [0.2, 0.25) is 5.91 Å². The van der Waals surface area contributed by atoms with Crippen molar-refractivity contribution < 1.29 is 29.0 Å². The quantitative estimate of drug-likeness (QED) is 0.778. The SMILES string of the molecule is CC(=O)N(c1c(F)cccc1Cl)C1(C(=O)O)CCN(CCC(=O)O)CC1. The number of benzene rings is 1. The summed E-state index contributed by atoms with van der Waals surface area (Å²) in [6, 6.07) is 3.89. The fourth-order valence-electron chi connectivity index (χ4n) is 3.31. The van der Waals surface area contributed by atoms with E-state index in [0.29, 0.717) is 0 Å². The molecule has 1 saturated heterocycles. The fourth-order valence-corrected chi connectivity index (χ4v) is 3.56. The third-order valence-electron chi connectivity index (χ3n) is 4.63. The second-order valence-corrected chi connectivity index (χ2v) is 6.65. The van der Waals surface area contributed by atoms with E-state index in [2.05, 4.69) is 0 Å². The van der Waals surface area contributed by atoms with Gasteiger partial charge in [-0.15, -0.1) is 0 Å². The van der Waals surface area contributed by atoms with E-state index in [1.807, 2.05) is 4.90 Å². The number of carbonyl (C=O) groups is 3. The zero-order valence-corrected chi connectivity index (χ0v) is 15.0. The van der Waals surface area contributed by atoms with Crippen LogP contribution >= 0.6 is 11.6 Å². The Labute approximate surface area is 155 Å². The number of aliphatic carboxylic acids is 2. The van der Waals surface area contributed by atoms with Crippen molar-refractivity contribution in [2.24, 2.45) is 0 Å². The smallest absolute Gasteiger partial charge is 0.330 e. The first kappa shape index (κ1) is 20.1. The van der Waals surface area contributed by atoms with Crippen LogP contribution in [0, 0.1) is 5.82 Å². The molecule has 26 heavy (non-hydrogen) atoms. The maximum atomic E-state index is 14.4. The van der Waals surface area contributed by atoms with Crippen molar-refractivity contribution in [3.8, 4) is 0 Å². The molecule has 0 aliphatic carbocycles.